The first kappa shape index (κ1) is 19.4. The predicted molar refractivity (Wildman–Crippen MR) is 95.6 cm³/mol. The van der Waals surface area contributed by atoms with E-state index in [-0.39, 0.29) is 17.8 Å². The molecule has 1 saturated heterocycles. The van der Waals surface area contributed by atoms with Crippen LogP contribution in [0.15, 0.2) is 24.5 Å². The zero-order valence-electron chi connectivity index (χ0n) is 15.4. The van der Waals surface area contributed by atoms with Crippen LogP contribution in [0.25, 0.3) is 0 Å². The molecule has 1 aromatic rings. The summed E-state index contributed by atoms with van der Waals surface area (Å²) >= 11 is 0. The van der Waals surface area contributed by atoms with Crippen LogP contribution in [0.2, 0.25) is 0 Å². The van der Waals surface area contributed by atoms with E-state index in [0.717, 1.165) is 32.5 Å². The molecule has 0 aliphatic carbocycles. The number of nitrogens with one attached hydrogen (secondary N) is 1. The number of carbonyl (C=O) groups excluding carboxylic acids is 2. The van der Waals surface area contributed by atoms with E-state index in [9.17, 15) is 9.59 Å². The number of likely N-dealkylation sites (tertiary alicyclic amines) is 1. The third-order valence-electron chi connectivity index (χ3n) is 4.60. The molecule has 1 aliphatic heterocycles. The van der Waals surface area contributed by atoms with Gasteiger partial charge in [-0.2, -0.15) is 0 Å². The fourth-order valence-corrected chi connectivity index (χ4v) is 3.22. The zero-order chi connectivity index (χ0) is 18.2. The van der Waals surface area contributed by atoms with Crippen LogP contribution < -0.4 is 5.32 Å². The first-order valence-corrected chi connectivity index (χ1v) is 8.99. The number of amides is 1. The van der Waals surface area contributed by atoms with Gasteiger partial charge in [-0.3, -0.25) is 14.7 Å². The Balaban J connectivity index is 1.82. The summed E-state index contributed by atoms with van der Waals surface area (Å²) in [7, 11) is 1.36. The van der Waals surface area contributed by atoms with Crippen LogP contribution in [-0.4, -0.2) is 48.0 Å². The monoisotopic (exact) mass is 347 g/mol. The average Bonchev–Trinajstić information content (AvgIpc) is 2.61. The summed E-state index contributed by atoms with van der Waals surface area (Å²) in [5.41, 5.74) is 1.19. The second-order valence-corrected chi connectivity index (χ2v) is 7.13. The molecule has 2 rings (SSSR count). The molecule has 2 heterocycles. The van der Waals surface area contributed by atoms with Crippen LogP contribution in [0.3, 0.4) is 0 Å². The van der Waals surface area contributed by atoms with Crippen LogP contribution in [0.1, 0.15) is 38.7 Å². The second-order valence-electron chi connectivity index (χ2n) is 7.13. The molecular weight excluding hydrogens is 318 g/mol. The molecule has 1 unspecified atom stereocenters. The van der Waals surface area contributed by atoms with Gasteiger partial charge in [-0.05, 0) is 49.9 Å². The van der Waals surface area contributed by atoms with Gasteiger partial charge in [-0.25, -0.2) is 4.79 Å². The van der Waals surface area contributed by atoms with Crippen LogP contribution >= 0.6 is 0 Å². The van der Waals surface area contributed by atoms with Crippen LogP contribution in [0.4, 0.5) is 0 Å². The maximum atomic E-state index is 12.5. The van der Waals surface area contributed by atoms with Gasteiger partial charge in [0.15, 0.2) is 0 Å². The number of methoxy groups -OCH3 is 1. The van der Waals surface area contributed by atoms with E-state index in [1.807, 2.05) is 26.1 Å². The maximum absolute atomic E-state index is 12.5. The Morgan fingerprint density at radius 2 is 2.08 bits per heavy atom. The first-order chi connectivity index (χ1) is 12.0. The van der Waals surface area contributed by atoms with Gasteiger partial charge in [-0.1, -0.05) is 19.9 Å². The average molecular weight is 347 g/mol. The van der Waals surface area contributed by atoms with Crippen molar-refractivity contribution in [3.05, 3.63) is 30.1 Å². The number of carbonyl (C=O) groups is 2. The van der Waals surface area contributed by atoms with E-state index in [2.05, 4.69) is 21.3 Å². The van der Waals surface area contributed by atoms with Gasteiger partial charge in [0.1, 0.15) is 6.04 Å². The second kappa shape index (κ2) is 9.51. The molecule has 1 aromatic heterocycles. The molecule has 138 valence electrons. The lowest BCUT2D eigenvalue weighted by Crippen LogP contribution is -2.47. The highest BCUT2D eigenvalue weighted by Crippen LogP contribution is 2.20. The molecule has 1 aliphatic rings. The molecule has 1 fully saturated rings. The van der Waals surface area contributed by atoms with Crippen molar-refractivity contribution in [2.45, 2.75) is 45.7 Å². The normalized spacial score (nSPS) is 17.3. The van der Waals surface area contributed by atoms with Crippen molar-refractivity contribution >= 4 is 11.9 Å². The summed E-state index contributed by atoms with van der Waals surface area (Å²) in [5, 5.41) is 2.89. The van der Waals surface area contributed by atoms with Gasteiger partial charge in [0.05, 0.1) is 7.11 Å². The number of nitrogens with zero attached hydrogens (tertiary/aromatic N) is 2. The van der Waals surface area contributed by atoms with Crippen molar-refractivity contribution in [1.82, 2.24) is 15.2 Å². The van der Waals surface area contributed by atoms with Gasteiger partial charge < -0.3 is 10.1 Å². The molecule has 6 nitrogen and oxygen atoms in total. The van der Waals surface area contributed by atoms with Gasteiger partial charge in [0.2, 0.25) is 5.91 Å². The molecule has 0 radical (unpaired) electrons. The van der Waals surface area contributed by atoms with Crippen molar-refractivity contribution in [1.29, 1.82) is 0 Å². The maximum Gasteiger partial charge on any atom is 0.328 e. The third-order valence-corrected chi connectivity index (χ3v) is 4.60. The van der Waals surface area contributed by atoms with E-state index in [0.29, 0.717) is 12.3 Å². The van der Waals surface area contributed by atoms with Crippen molar-refractivity contribution in [2.24, 2.45) is 11.8 Å². The largest absolute Gasteiger partial charge is 0.467 e. The molecule has 1 N–H and O–H groups in total. The zero-order valence-corrected chi connectivity index (χ0v) is 15.4. The van der Waals surface area contributed by atoms with Gasteiger partial charge in [-0.15, -0.1) is 0 Å². The van der Waals surface area contributed by atoms with Crippen LogP contribution in [0, 0.1) is 11.8 Å². The highest BCUT2D eigenvalue weighted by Gasteiger charge is 2.29. The predicted octanol–water partition coefficient (Wildman–Crippen LogP) is 2.00. The summed E-state index contributed by atoms with van der Waals surface area (Å²) in [6.07, 6.45) is 5.86. The fourth-order valence-electron chi connectivity index (χ4n) is 3.22. The van der Waals surface area contributed by atoms with Crippen molar-refractivity contribution in [3.63, 3.8) is 0 Å². The van der Waals surface area contributed by atoms with Crippen molar-refractivity contribution < 1.29 is 14.3 Å². The Kier molecular flexibility index (Phi) is 7.37. The van der Waals surface area contributed by atoms with Gasteiger partial charge in [0.25, 0.3) is 0 Å². The Bertz CT molecular complexity index is 554. The molecule has 25 heavy (non-hydrogen) atoms. The lowest BCUT2D eigenvalue weighted by molar-refractivity contribution is -0.146. The minimum atomic E-state index is -0.550. The minimum absolute atomic E-state index is 0.0305. The molecular formula is C19H29N3O3. The van der Waals surface area contributed by atoms with Crippen molar-refractivity contribution in [3.8, 4) is 0 Å². The summed E-state index contributed by atoms with van der Waals surface area (Å²) in [6.45, 7) is 6.67. The Labute approximate surface area is 150 Å². The van der Waals surface area contributed by atoms with Crippen molar-refractivity contribution in [2.75, 3.05) is 20.2 Å². The van der Waals surface area contributed by atoms with E-state index in [1.54, 1.807) is 6.20 Å². The molecule has 1 amide bonds. The number of aromatic nitrogens is 1. The van der Waals surface area contributed by atoms with Crippen LogP contribution in [-0.2, 0) is 20.9 Å². The summed E-state index contributed by atoms with van der Waals surface area (Å²) < 4.78 is 4.82. The van der Waals surface area contributed by atoms with E-state index >= 15 is 0 Å². The standard InChI is InChI=1S/C19H29N3O3/c1-14(2)11-17(19(24)25-3)21-18(23)16-6-9-22(10-7-16)13-15-5-4-8-20-12-15/h4-5,8,12,14,16-17H,6-7,9-11,13H2,1-3H3,(H,21,23). The highest BCUT2D eigenvalue weighted by atomic mass is 16.5. The topological polar surface area (TPSA) is 71.5 Å². The fraction of sp³-hybridized carbons (Fsp3) is 0.632. The summed E-state index contributed by atoms with van der Waals surface area (Å²) in [5.74, 6) is -0.122. The Morgan fingerprint density at radius 1 is 1.36 bits per heavy atom. The first-order valence-electron chi connectivity index (χ1n) is 8.99. The summed E-state index contributed by atoms with van der Waals surface area (Å²) in [4.78, 5) is 30.9. The minimum Gasteiger partial charge on any atom is -0.467 e. The molecule has 6 heteroatoms. The smallest absolute Gasteiger partial charge is 0.328 e. The molecule has 0 bridgehead atoms. The molecule has 1 atom stereocenters. The van der Waals surface area contributed by atoms with Gasteiger partial charge in [0, 0.05) is 24.9 Å². The lowest BCUT2D eigenvalue weighted by atomic mass is 9.94. The number of hydrogen-bond acceptors (Lipinski definition) is 5. The lowest BCUT2D eigenvalue weighted by Gasteiger charge is -2.32. The molecule has 0 aromatic carbocycles. The number of piperidine rings is 1. The molecule has 0 saturated carbocycles. The number of rotatable bonds is 7. The molecule has 0 spiro atoms. The Morgan fingerprint density at radius 3 is 2.64 bits per heavy atom. The van der Waals surface area contributed by atoms with E-state index in [4.69, 9.17) is 4.74 Å². The SMILES string of the molecule is COC(=O)C(CC(C)C)NC(=O)C1CCN(Cc2cccnc2)CC1. The number of ether oxygens (including phenoxy) is 1. The number of hydrogen-bond donors (Lipinski definition) is 1. The third kappa shape index (κ3) is 6.12. The number of esters is 1. The number of pyridine rings is 1. The Hall–Kier alpha value is -1.95. The van der Waals surface area contributed by atoms with E-state index in [1.165, 1.54) is 12.7 Å². The van der Waals surface area contributed by atoms with Crippen LogP contribution in [0.5, 0.6) is 0 Å². The quantitative estimate of drug-likeness (QED) is 0.764. The summed E-state index contributed by atoms with van der Waals surface area (Å²) in [6, 6.07) is 3.46. The van der Waals surface area contributed by atoms with Gasteiger partial charge >= 0.3 is 5.97 Å². The van der Waals surface area contributed by atoms with E-state index < -0.39 is 6.04 Å². The highest BCUT2D eigenvalue weighted by molar-refractivity contribution is 5.85.